The molecule has 0 saturated carbocycles. The van der Waals surface area contributed by atoms with Gasteiger partial charge in [-0.15, -0.1) is 23.7 Å². The van der Waals surface area contributed by atoms with Crippen LogP contribution in [0, 0.1) is 0 Å². The second-order valence-electron chi connectivity index (χ2n) is 4.50. The summed E-state index contributed by atoms with van der Waals surface area (Å²) in [6.45, 7) is 1.12. The van der Waals surface area contributed by atoms with Crippen LogP contribution >= 0.6 is 23.7 Å². The molecular weight excluding hydrogens is 326 g/mol. The van der Waals surface area contributed by atoms with Crippen LogP contribution in [0.2, 0.25) is 0 Å². The molecule has 2 heterocycles. The van der Waals surface area contributed by atoms with Gasteiger partial charge in [0.15, 0.2) is 11.5 Å². The van der Waals surface area contributed by atoms with Crippen LogP contribution in [-0.4, -0.2) is 24.2 Å². The number of carbonyl (C=O) groups is 1. The molecule has 8 heteroatoms. The molecule has 22 heavy (non-hydrogen) atoms. The van der Waals surface area contributed by atoms with Crippen molar-refractivity contribution in [1.82, 2.24) is 10.3 Å². The van der Waals surface area contributed by atoms with Crippen LogP contribution in [-0.2, 0) is 13.0 Å². The van der Waals surface area contributed by atoms with E-state index >= 15 is 0 Å². The van der Waals surface area contributed by atoms with Gasteiger partial charge in [-0.25, -0.2) is 4.98 Å². The predicted molar refractivity (Wildman–Crippen MR) is 85.9 cm³/mol. The van der Waals surface area contributed by atoms with E-state index in [1.165, 1.54) is 11.3 Å². The number of rotatable bonds is 5. The summed E-state index contributed by atoms with van der Waals surface area (Å²) in [5.74, 6) is 1.20. The minimum Gasteiger partial charge on any atom is -0.454 e. The second-order valence-corrected chi connectivity index (χ2v) is 5.44. The molecule has 0 fully saturated rings. The van der Waals surface area contributed by atoms with Gasteiger partial charge in [0.25, 0.3) is 5.91 Å². The Kier molecular flexibility index (Phi) is 5.59. The number of hydrogen-bond donors (Lipinski definition) is 2. The van der Waals surface area contributed by atoms with E-state index in [1.54, 1.807) is 5.38 Å². The zero-order valence-corrected chi connectivity index (χ0v) is 13.3. The molecule has 0 unspecified atom stereocenters. The molecule has 1 amide bonds. The molecule has 1 aromatic carbocycles. The quantitative estimate of drug-likeness (QED) is 0.864. The van der Waals surface area contributed by atoms with E-state index in [0.29, 0.717) is 36.7 Å². The molecule has 6 nitrogen and oxygen atoms in total. The van der Waals surface area contributed by atoms with Crippen LogP contribution in [0.25, 0.3) is 0 Å². The molecule has 0 spiro atoms. The van der Waals surface area contributed by atoms with Gasteiger partial charge in [-0.3, -0.25) is 4.79 Å². The Hall–Kier alpha value is -1.83. The summed E-state index contributed by atoms with van der Waals surface area (Å²) in [6.07, 6.45) is 0.690. The fourth-order valence-electron chi connectivity index (χ4n) is 2.05. The highest BCUT2D eigenvalue weighted by Gasteiger charge is 2.18. The number of aromatic nitrogens is 1. The van der Waals surface area contributed by atoms with Crippen LogP contribution in [0.5, 0.6) is 11.5 Å². The van der Waals surface area contributed by atoms with Gasteiger partial charge in [-0.05, 0) is 12.6 Å². The van der Waals surface area contributed by atoms with Gasteiger partial charge in [0.05, 0.1) is 5.01 Å². The van der Waals surface area contributed by atoms with Crippen LogP contribution in [0.4, 0.5) is 0 Å². The number of carbonyl (C=O) groups excluding carboxylic acids is 1. The van der Waals surface area contributed by atoms with Crippen LogP contribution in [0.1, 0.15) is 21.1 Å². The number of ether oxygens (including phenoxy) is 2. The SMILES string of the molecule is Cl.NCCc1nc(C(=O)NCc2cccc3c2OCO3)cs1. The number of halogens is 1. The van der Waals surface area contributed by atoms with Gasteiger partial charge in [-0.1, -0.05) is 12.1 Å². The van der Waals surface area contributed by atoms with Crippen molar-refractivity contribution >= 4 is 29.7 Å². The lowest BCUT2D eigenvalue weighted by atomic mass is 10.2. The Morgan fingerprint density at radius 1 is 1.41 bits per heavy atom. The highest BCUT2D eigenvalue weighted by Crippen LogP contribution is 2.35. The van der Waals surface area contributed by atoms with Crippen molar-refractivity contribution in [2.75, 3.05) is 13.3 Å². The van der Waals surface area contributed by atoms with E-state index in [-0.39, 0.29) is 25.1 Å². The van der Waals surface area contributed by atoms with Crippen LogP contribution < -0.4 is 20.5 Å². The Labute approximate surface area is 138 Å². The average Bonchev–Trinajstić information content (AvgIpc) is 3.13. The number of amides is 1. The molecule has 0 atom stereocenters. The standard InChI is InChI=1S/C14H15N3O3S.ClH/c15-5-4-12-17-10(7-21-12)14(18)16-6-9-2-1-3-11-13(9)20-8-19-11;/h1-3,7H,4-6,8,15H2,(H,16,18);1H. The normalized spacial score (nSPS) is 11.9. The Balaban J connectivity index is 0.00000176. The lowest BCUT2D eigenvalue weighted by Gasteiger charge is -2.06. The average molecular weight is 342 g/mol. The molecule has 0 saturated heterocycles. The van der Waals surface area contributed by atoms with Gasteiger partial charge in [0.2, 0.25) is 6.79 Å². The molecule has 2 aromatic rings. The number of nitrogens with two attached hydrogens (primary N) is 1. The van der Waals surface area contributed by atoms with Crippen LogP contribution in [0.15, 0.2) is 23.6 Å². The van der Waals surface area contributed by atoms with E-state index in [1.807, 2.05) is 18.2 Å². The summed E-state index contributed by atoms with van der Waals surface area (Å²) in [6, 6.07) is 5.61. The highest BCUT2D eigenvalue weighted by atomic mass is 35.5. The first-order valence-corrected chi connectivity index (χ1v) is 7.46. The number of para-hydroxylation sites is 1. The third-order valence-electron chi connectivity index (χ3n) is 3.06. The Morgan fingerprint density at radius 3 is 3.09 bits per heavy atom. The van der Waals surface area contributed by atoms with Crippen molar-refractivity contribution < 1.29 is 14.3 Å². The summed E-state index contributed by atoms with van der Waals surface area (Å²) in [7, 11) is 0. The molecular formula is C14H16ClN3O3S. The molecule has 1 aliphatic heterocycles. The molecule has 1 aromatic heterocycles. The second kappa shape index (κ2) is 7.44. The number of nitrogens with zero attached hydrogens (tertiary/aromatic N) is 1. The first-order chi connectivity index (χ1) is 10.3. The highest BCUT2D eigenvalue weighted by molar-refractivity contribution is 7.09. The summed E-state index contributed by atoms with van der Waals surface area (Å²) in [5.41, 5.74) is 6.78. The molecule has 0 radical (unpaired) electrons. The predicted octanol–water partition coefficient (Wildman–Crippen LogP) is 1.72. The Morgan fingerprint density at radius 2 is 2.27 bits per heavy atom. The van der Waals surface area contributed by atoms with Crippen molar-refractivity contribution in [3.05, 3.63) is 39.8 Å². The fourth-order valence-corrected chi connectivity index (χ4v) is 2.84. The smallest absolute Gasteiger partial charge is 0.271 e. The van der Waals surface area contributed by atoms with Crippen molar-refractivity contribution in [3.63, 3.8) is 0 Å². The van der Waals surface area contributed by atoms with Gasteiger partial charge < -0.3 is 20.5 Å². The Bertz CT molecular complexity index is 663. The van der Waals surface area contributed by atoms with E-state index < -0.39 is 0 Å². The van der Waals surface area contributed by atoms with Crippen molar-refractivity contribution in [1.29, 1.82) is 0 Å². The van der Waals surface area contributed by atoms with E-state index in [2.05, 4.69) is 10.3 Å². The van der Waals surface area contributed by atoms with Gasteiger partial charge in [0, 0.05) is 23.9 Å². The van der Waals surface area contributed by atoms with E-state index in [9.17, 15) is 4.79 Å². The third-order valence-corrected chi connectivity index (χ3v) is 3.97. The fraction of sp³-hybridized carbons (Fsp3) is 0.286. The lowest BCUT2D eigenvalue weighted by Crippen LogP contribution is -2.23. The minimum atomic E-state index is -0.203. The molecule has 3 rings (SSSR count). The monoisotopic (exact) mass is 341 g/mol. The molecule has 1 aliphatic rings. The number of nitrogens with one attached hydrogen (secondary N) is 1. The first kappa shape index (κ1) is 16.5. The van der Waals surface area contributed by atoms with Crippen molar-refractivity contribution in [2.24, 2.45) is 5.73 Å². The minimum absolute atomic E-state index is 0. The zero-order valence-electron chi connectivity index (χ0n) is 11.7. The van der Waals surface area contributed by atoms with Gasteiger partial charge >= 0.3 is 0 Å². The zero-order chi connectivity index (χ0) is 14.7. The summed E-state index contributed by atoms with van der Waals surface area (Å²) < 4.78 is 10.7. The maximum atomic E-state index is 12.1. The maximum absolute atomic E-state index is 12.1. The summed E-state index contributed by atoms with van der Waals surface area (Å²) >= 11 is 1.45. The number of hydrogen-bond acceptors (Lipinski definition) is 6. The van der Waals surface area contributed by atoms with E-state index in [4.69, 9.17) is 15.2 Å². The summed E-state index contributed by atoms with van der Waals surface area (Å²) in [5, 5.41) is 5.46. The van der Waals surface area contributed by atoms with Gasteiger partial charge in [0.1, 0.15) is 5.69 Å². The van der Waals surface area contributed by atoms with E-state index in [0.717, 1.165) is 10.6 Å². The first-order valence-electron chi connectivity index (χ1n) is 6.58. The molecule has 0 aliphatic carbocycles. The van der Waals surface area contributed by atoms with Crippen molar-refractivity contribution in [2.45, 2.75) is 13.0 Å². The number of thiazole rings is 1. The van der Waals surface area contributed by atoms with Crippen LogP contribution in [0.3, 0.4) is 0 Å². The largest absolute Gasteiger partial charge is 0.454 e. The molecule has 0 bridgehead atoms. The molecule has 3 N–H and O–H groups in total. The number of fused-ring (bicyclic) bond motifs is 1. The lowest BCUT2D eigenvalue weighted by molar-refractivity contribution is 0.0946. The summed E-state index contributed by atoms with van der Waals surface area (Å²) in [4.78, 5) is 16.3. The van der Waals surface area contributed by atoms with Crippen molar-refractivity contribution in [3.8, 4) is 11.5 Å². The van der Waals surface area contributed by atoms with Gasteiger partial charge in [-0.2, -0.15) is 0 Å². The maximum Gasteiger partial charge on any atom is 0.271 e. The number of benzene rings is 1. The molecule has 118 valence electrons. The third kappa shape index (κ3) is 3.49. The topological polar surface area (TPSA) is 86.5 Å².